The molecule has 0 saturated carbocycles. The normalized spacial score (nSPS) is 22.0. The molecule has 0 spiro atoms. The van der Waals surface area contributed by atoms with Crippen molar-refractivity contribution >= 4 is 11.8 Å². The monoisotopic (exact) mass is 334 g/mol. The fourth-order valence-electron chi connectivity index (χ4n) is 2.85. The lowest BCUT2D eigenvalue weighted by molar-refractivity contribution is -0.137. The average Bonchev–Trinajstić information content (AvgIpc) is 2.89. The zero-order valence-electron chi connectivity index (χ0n) is 14.6. The van der Waals surface area contributed by atoms with Crippen molar-refractivity contribution in [2.45, 2.75) is 64.4 Å². The first kappa shape index (κ1) is 20.4. The van der Waals surface area contributed by atoms with E-state index in [1.807, 2.05) is 24.3 Å². The molecule has 0 aromatic heterocycles. The molecule has 0 heterocycles. The number of hydrogen-bond acceptors (Lipinski definition) is 3. The van der Waals surface area contributed by atoms with Gasteiger partial charge in [-0.25, -0.2) is 0 Å². The SMILES string of the molecule is CCCCC[C@@H]1C=CC(=O)[C@@H]1/C=C/[C@@H](O)C/C=C\CCCC(=O)O. The van der Waals surface area contributed by atoms with Crippen LogP contribution in [0.2, 0.25) is 0 Å². The molecule has 24 heavy (non-hydrogen) atoms. The molecule has 0 unspecified atom stereocenters. The zero-order chi connectivity index (χ0) is 17.8. The summed E-state index contributed by atoms with van der Waals surface area (Å²) in [7, 11) is 0. The number of aliphatic hydroxyl groups is 1. The summed E-state index contributed by atoms with van der Waals surface area (Å²) in [6.45, 7) is 2.17. The Labute approximate surface area is 145 Å². The van der Waals surface area contributed by atoms with Gasteiger partial charge >= 0.3 is 5.97 Å². The summed E-state index contributed by atoms with van der Waals surface area (Å²) in [6.07, 6.45) is 16.9. The van der Waals surface area contributed by atoms with E-state index in [0.29, 0.717) is 19.3 Å². The van der Waals surface area contributed by atoms with Crippen LogP contribution in [0, 0.1) is 11.8 Å². The molecule has 0 saturated heterocycles. The standard InChI is InChI=1S/C20H30O4/c1-2-3-6-9-16-12-15-19(22)18(16)14-13-17(21)10-7-4-5-8-11-20(23)24/h4,7,12-18,21H,2-3,5-6,8-11H2,1H3,(H,23,24)/b7-4-,14-13+/t16-,17+,18-/m1/s1. The molecule has 0 amide bonds. The summed E-state index contributed by atoms with van der Waals surface area (Å²) < 4.78 is 0. The molecule has 1 aliphatic rings. The van der Waals surface area contributed by atoms with Crippen LogP contribution in [0.5, 0.6) is 0 Å². The fraction of sp³-hybridized carbons (Fsp3) is 0.600. The van der Waals surface area contributed by atoms with Gasteiger partial charge in [-0.05, 0) is 37.7 Å². The molecule has 0 radical (unpaired) electrons. The summed E-state index contributed by atoms with van der Waals surface area (Å²) in [4.78, 5) is 22.3. The highest BCUT2D eigenvalue weighted by molar-refractivity contribution is 5.95. The minimum Gasteiger partial charge on any atom is -0.481 e. The van der Waals surface area contributed by atoms with Crippen molar-refractivity contribution in [2.75, 3.05) is 0 Å². The lowest BCUT2D eigenvalue weighted by atomic mass is 9.89. The second-order valence-electron chi connectivity index (χ2n) is 6.39. The number of aliphatic hydroxyl groups excluding tert-OH is 1. The second-order valence-corrected chi connectivity index (χ2v) is 6.39. The number of allylic oxidation sites excluding steroid dienone is 4. The van der Waals surface area contributed by atoms with Crippen LogP contribution >= 0.6 is 0 Å². The van der Waals surface area contributed by atoms with E-state index < -0.39 is 12.1 Å². The molecule has 0 fully saturated rings. The highest BCUT2D eigenvalue weighted by atomic mass is 16.4. The van der Waals surface area contributed by atoms with Gasteiger partial charge in [0.2, 0.25) is 0 Å². The Bertz CT molecular complexity index is 476. The van der Waals surface area contributed by atoms with Gasteiger partial charge in [0.05, 0.1) is 6.10 Å². The maximum atomic E-state index is 11.9. The van der Waals surface area contributed by atoms with E-state index in [1.165, 1.54) is 12.8 Å². The van der Waals surface area contributed by atoms with Crippen molar-refractivity contribution in [2.24, 2.45) is 11.8 Å². The number of carbonyl (C=O) groups excluding carboxylic acids is 1. The molecular weight excluding hydrogens is 304 g/mol. The first-order chi connectivity index (χ1) is 11.5. The van der Waals surface area contributed by atoms with Crippen molar-refractivity contribution in [1.82, 2.24) is 0 Å². The van der Waals surface area contributed by atoms with Crippen LogP contribution in [0.4, 0.5) is 0 Å². The van der Waals surface area contributed by atoms with Gasteiger partial charge in [0.15, 0.2) is 5.78 Å². The van der Waals surface area contributed by atoms with Crippen LogP contribution in [0.1, 0.15) is 58.3 Å². The van der Waals surface area contributed by atoms with E-state index in [2.05, 4.69) is 6.92 Å². The fourth-order valence-corrected chi connectivity index (χ4v) is 2.85. The van der Waals surface area contributed by atoms with Crippen LogP contribution in [0.3, 0.4) is 0 Å². The first-order valence-electron chi connectivity index (χ1n) is 8.99. The number of carboxylic acid groups (broad SMARTS) is 1. The topological polar surface area (TPSA) is 74.6 Å². The van der Waals surface area contributed by atoms with Gasteiger partial charge in [-0.15, -0.1) is 0 Å². The molecule has 4 heteroatoms. The van der Waals surface area contributed by atoms with Crippen LogP contribution in [-0.2, 0) is 9.59 Å². The van der Waals surface area contributed by atoms with Gasteiger partial charge in [0.1, 0.15) is 0 Å². The van der Waals surface area contributed by atoms with Crippen LogP contribution in [0.15, 0.2) is 36.5 Å². The van der Waals surface area contributed by atoms with Crippen LogP contribution in [0.25, 0.3) is 0 Å². The predicted molar refractivity (Wildman–Crippen MR) is 95.7 cm³/mol. The maximum absolute atomic E-state index is 11.9. The molecule has 0 aliphatic heterocycles. The molecular formula is C20H30O4. The van der Waals surface area contributed by atoms with Gasteiger partial charge in [0, 0.05) is 12.3 Å². The van der Waals surface area contributed by atoms with E-state index in [9.17, 15) is 14.7 Å². The third-order valence-electron chi connectivity index (χ3n) is 4.28. The molecule has 4 nitrogen and oxygen atoms in total. The van der Waals surface area contributed by atoms with Crippen molar-refractivity contribution in [3.63, 3.8) is 0 Å². The Morgan fingerprint density at radius 1 is 1.29 bits per heavy atom. The molecule has 0 aromatic rings. The van der Waals surface area contributed by atoms with Crippen molar-refractivity contribution in [3.05, 3.63) is 36.5 Å². The molecule has 3 atom stereocenters. The third kappa shape index (κ3) is 8.25. The van der Waals surface area contributed by atoms with Gasteiger partial charge in [0.25, 0.3) is 0 Å². The number of hydrogen-bond donors (Lipinski definition) is 2. The highest BCUT2D eigenvalue weighted by Crippen LogP contribution is 2.28. The molecule has 2 N–H and O–H groups in total. The second kappa shape index (κ2) is 11.8. The molecule has 1 aliphatic carbocycles. The first-order valence-corrected chi connectivity index (χ1v) is 8.99. The van der Waals surface area contributed by atoms with Crippen LogP contribution < -0.4 is 0 Å². The van der Waals surface area contributed by atoms with E-state index in [0.717, 1.165) is 12.8 Å². The lowest BCUT2D eigenvalue weighted by Gasteiger charge is -2.14. The minimum absolute atomic E-state index is 0.129. The predicted octanol–water partition coefficient (Wildman–Crippen LogP) is 4.06. The van der Waals surface area contributed by atoms with Gasteiger partial charge in [-0.2, -0.15) is 0 Å². The summed E-state index contributed by atoms with van der Waals surface area (Å²) in [6, 6.07) is 0. The Hall–Kier alpha value is -1.68. The number of carbonyl (C=O) groups is 2. The highest BCUT2D eigenvalue weighted by Gasteiger charge is 2.27. The summed E-state index contributed by atoms with van der Waals surface area (Å²) in [5.74, 6) is -0.519. The zero-order valence-corrected chi connectivity index (χ0v) is 14.6. The lowest BCUT2D eigenvalue weighted by Crippen LogP contribution is -2.14. The Balaban J connectivity index is 2.33. The largest absolute Gasteiger partial charge is 0.481 e. The minimum atomic E-state index is -0.783. The number of carboxylic acids is 1. The summed E-state index contributed by atoms with van der Waals surface area (Å²) in [5, 5.41) is 18.5. The molecule has 0 aromatic carbocycles. The molecule has 134 valence electrons. The maximum Gasteiger partial charge on any atom is 0.303 e. The number of ketones is 1. The summed E-state index contributed by atoms with van der Waals surface area (Å²) >= 11 is 0. The molecule has 0 bridgehead atoms. The van der Waals surface area contributed by atoms with Crippen LogP contribution in [-0.4, -0.2) is 28.1 Å². The van der Waals surface area contributed by atoms with Crippen molar-refractivity contribution < 1.29 is 19.8 Å². The Morgan fingerprint density at radius 3 is 2.79 bits per heavy atom. The molecule has 1 rings (SSSR count). The van der Waals surface area contributed by atoms with E-state index in [4.69, 9.17) is 5.11 Å². The number of aliphatic carboxylic acids is 1. The quantitative estimate of drug-likeness (QED) is 0.417. The van der Waals surface area contributed by atoms with E-state index in [1.54, 1.807) is 12.2 Å². The van der Waals surface area contributed by atoms with E-state index >= 15 is 0 Å². The number of rotatable bonds is 12. The Morgan fingerprint density at radius 2 is 2.08 bits per heavy atom. The van der Waals surface area contributed by atoms with Gasteiger partial charge < -0.3 is 10.2 Å². The summed E-state index contributed by atoms with van der Waals surface area (Å²) in [5.41, 5.74) is 0. The van der Waals surface area contributed by atoms with Crippen molar-refractivity contribution in [3.8, 4) is 0 Å². The van der Waals surface area contributed by atoms with Gasteiger partial charge in [-0.3, -0.25) is 9.59 Å². The smallest absolute Gasteiger partial charge is 0.303 e. The number of unbranched alkanes of at least 4 members (excludes halogenated alkanes) is 3. The van der Waals surface area contributed by atoms with Crippen molar-refractivity contribution in [1.29, 1.82) is 0 Å². The van der Waals surface area contributed by atoms with E-state index in [-0.39, 0.29) is 24.0 Å². The third-order valence-corrected chi connectivity index (χ3v) is 4.28. The Kier molecular flexibility index (Phi) is 10.0. The van der Waals surface area contributed by atoms with Gasteiger partial charge in [-0.1, -0.05) is 56.6 Å². The average molecular weight is 334 g/mol.